The van der Waals surface area contributed by atoms with Crippen LogP contribution in [0.15, 0.2) is 71.9 Å². The van der Waals surface area contributed by atoms with Crippen molar-refractivity contribution in [2.24, 2.45) is 53.3 Å². The second-order valence-electron chi connectivity index (χ2n) is 36.0. The number of ether oxygens (including phenoxy) is 8. The van der Waals surface area contributed by atoms with Gasteiger partial charge in [-0.05, 0) is 145 Å². The number of carboxylic acid groups (broad SMARTS) is 2. The molecule has 42 heteroatoms. The standard InChI is InChI=1S/C95H144N6O32S4/c1-54-21-26-65(27-22-54)88(116)99-69(91(120)121)30-28-67(103)49-98-93(123)129-37-40-136-137-53-66(90(118)119)46-73(105)70(100-87(115)57(4)23-32-79(108)97-51-74(106)83(112)84(113)75(107)52-102)50-96-80(109)33-39-134-135-41-38-131-94(124)130-36-35-128-76-31-25-64(44-59(76)6)45-60(7)78-48-72(104)58(5)43-62(9)82(111)85(127-12)81(110)61(8)42-55(2)18-14-13-15-19-56(3)77(126-11)47-68-29-24-63(10)95(125,133-68)86(114)89(117)101-34-17-16-20-71(101)92(122)132-78/h13-15,18-19,21-22,26-27,43,55,57-61,63-64,66,68-71,74-78,82-85,102,106-107,111-113,125H,16-17,20,23-25,28-42,44-53H2,1-12H3,(H,96,109)(H,97,108)(H,98,123)(H,99,116)(H,100,115)(H,118,119)(H,120,121)/b15-13+,18-14+,56-19+,62-43+/t55-,57+,58-,59-,60-,61-,63-,64-,66+,68+,69+,70+,71+,74+,75-,76-,77+,78+,82-,83-,84-,85+,95-/m1/s1. The minimum Gasteiger partial charge on any atom is -0.481 e. The number of aliphatic carboxylic acids is 2. The topological polar surface area (TPSA) is 575 Å². The number of allylic oxidation sites excluding steroid dienone is 6. The Hall–Kier alpha value is -8.21. The molecule has 2 bridgehead atoms. The van der Waals surface area contributed by atoms with E-state index >= 15 is 0 Å². The first-order valence-electron chi connectivity index (χ1n) is 46.7. The van der Waals surface area contributed by atoms with Crippen molar-refractivity contribution in [2.75, 3.05) is 96.4 Å². The predicted molar refractivity (Wildman–Crippen MR) is 511 cm³/mol. The Bertz CT molecular complexity index is 4240. The molecule has 3 heterocycles. The summed E-state index contributed by atoms with van der Waals surface area (Å²) in [5, 5.41) is 105. The quantitative estimate of drug-likeness (QED) is 0.00813. The van der Waals surface area contributed by atoms with Gasteiger partial charge in [0.05, 0.1) is 50.1 Å². The number of Topliss-reactive ketones (excluding diaryl/α,β-unsaturated/α-hetero) is 5. The number of methoxy groups -OCH3 is 2. The van der Waals surface area contributed by atoms with Crippen LogP contribution in [0, 0.1) is 60.2 Å². The fourth-order valence-electron chi connectivity index (χ4n) is 16.3. The number of amides is 6. The zero-order chi connectivity index (χ0) is 102. The number of rotatable bonds is 47. The van der Waals surface area contributed by atoms with Crippen LogP contribution in [0.2, 0.25) is 0 Å². The van der Waals surface area contributed by atoms with Gasteiger partial charge in [-0.25, -0.2) is 19.2 Å². The highest BCUT2D eigenvalue weighted by Gasteiger charge is 2.53. The predicted octanol–water partition coefficient (Wildman–Crippen LogP) is 6.63. The molecule has 1 aliphatic carbocycles. The van der Waals surface area contributed by atoms with Crippen LogP contribution in [-0.4, -0.2) is 321 Å². The van der Waals surface area contributed by atoms with Crippen molar-refractivity contribution in [2.45, 2.75) is 270 Å². The molecule has 14 N–H and O–H groups in total. The van der Waals surface area contributed by atoms with Gasteiger partial charge >= 0.3 is 30.2 Å². The highest BCUT2D eigenvalue weighted by molar-refractivity contribution is 8.77. The number of carbonyl (C=O) groups is 15. The number of piperidine rings is 1. The van der Waals surface area contributed by atoms with Crippen LogP contribution >= 0.6 is 43.2 Å². The van der Waals surface area contributed by atoms with Crippen LogP contribution < -0.4 is 26.6 Å². The Labute approximate surface area is 816 Å². The van der Waals surface area contributed by atoms with E-state index in [0.717, 1.165) is 37.6 Å². The molecule has 2 saturated heterocycles. The Morgan fingerprint density at radius 3 is 2.01 bits per heavy atom. The van der Waals surface area contributed by atoms with Gasteiger partial charge < -0.3 is 115 Å². The fraction of sp³-hybridized carbons (Fsp3) is 0.695. The van der Waals surface area contributed by atoms with Crippen LogP contribution in [0.4, 0.5) is 9.59 Å². The summed E-state index contributed by atoms with van der Waals surface area (Å²) in [5.41, 5.74) is 2.27. The molecule has 3 aliphatic heterocycles. The molecule has 4 aliphatic rings. The number of carboxylic acids is 2. The van der Waals surface area contributed by atoms with Gasteiger partial charge in [0.25, 0.3) is 17.6 Å². The Balaban J connectivity index is 1.11. The Kier molecular flexibility index (Phi) is 54.1. The normalized spacial score (nSPS) is 26.8. The third-order valence-corrected chi connectivity index (χ3v) is 29.7. The van der Waals surface area contributed by atoms with Crippen LogP contribution in [-0.2, 0) is 95.4 Å². The van der Waals surface area contributed by atoms with E-state index in [0.29, 0.717) is 63.4 Å². The largest absolute Gasteiger partial charge is 0.508 e. The van der Waals surface area contributed by atoms with Crippen LogP contribution in [0.1, 0.15) is 194 Å². The first-order chi connectivity index (χ1) is 64.9. The summed E-state index contributed by atoms with van der Waals surface area (Å²) >= 11 is 0. The van der Waals surface area contributed by atoms with Crippen molar-refractivity contribution in [1.82, 2.24) is 31.5 Å². The first kappa shape index (κ1) is 119. The van der Waals surface area contributed by atoms with Gasteiger partial charge in [-0.1, -0.05) is 146 Å². The second-order valence-corrected chi connectivity index (χ2v) is 41.3. The van der Waals surface area contributed by atoms with Crippen molar-refractivity contribution < 1.29 is 156 Å². The lowest BCUT2D eigenvalue weighted by Gasteiger charge is -2.42. The number of hydrogen-bond donors (Lipinski definition) is 14. The highest BCUT2D eigenvalue weighted by atomic mass is 33.1. The number of fused-ring (bicyclic) bond motifs is 3. The number of nitrogens with zero attached hydrogens (tertiary/aromatic N) is 1. The van der Waals surface area contributed by atoms with E-state index in [2.05, 4.69) is 26.6 Å². The number of hydrogen-bond acceptors (Lipinski definition) is 34. The van der Waals surface area contributed by atoms with Crippen molar-refractivity contribution in [3.8, 4) is 0 Å². The second kappa shape index (κ2) is 62.2. The summed E-state index contributed by atoms with van der Waals surface area (Å²) in [6, 6.07) is 2.32. The van der Waals surface area contributed by atoms with Gasteiger partial charge in [-0.2, -0.15) is 0 Å². The monoisotopic (exact) mass is 2010 g/mol. The van der Waals surface area contributed by atoms with Gasteiger partial charge in [0.15, 0.2) is 17.3 Å². The minimum absolute atomic E-state index is 0.00591. The lowest BCUT2D eigenvalue weighted by molar-refractivity contribution is -0.265. The van der Waals surface area contributed by atoms with E-state index in [1.165, 1.54) is 47.8 Å². The third-order valence-electron chi connectivity index (χ3n) is 24.9. The van der Waals surface area contributed by atoms with E-state index in [1.54, 1.807) is 53.0 Å². The molecule has 6 amide bonds. The SMILES string of the molecule is CO[C@H]1C[C@@H]2CC[C@@H](C)[C@@](O)(O2)C(=O)C(=O)N2CCCC[C@H]2C(=O)O[C@H]([C@H](C)C[C@@H]2CC[C@@H](OCCOC(=O)OCCSSCCC(=O)NC[C@H](NC(=O)[C@@H](C)CCC(=O)NC[C@H](O)[C@@H](O)[C@H](O)[C@H](O)CO)C(=O)C[C@@H](CSSCCOC(=O)NCC(=O)CC[C@H](NC(=O)c3ccc(C)cc3)C(=O)O)C(=O)O)[C@H](C)C2)CC(=O)[C@H](C)/C=C(\C)[C@@H](O)[C@@H](OC)C(=O)[C@H](C)C[C@H](C)/C=C/C=C/C=C/1C. The van der Waals surface area contributed by atoms with E-state index < -0.39 is 224 Å². The number of benzene rings is 1. The molecule has 0 spiro atoms. The number of aliphatic hydroxyl groups is 7. The van der Waals surface area contributed by atoms with Crippen molar-refractivity contribution in [3.63, 3.8) is 0 Å². The molecule has 1 aromatic rings. The van der Waals surface area contributed by atoms with Crippen LogP contribution in [0.5, 0.6) is 0 Å². The molecule has 0 aromatic heterocycles. The maximum atomic E-state index is 14.8. The van der Waals surface area contributed by atoms with Crippen molar-refractivity contribution in [1.29, 1.82) is 0 Å². The molecule has 5 rings (SSSR count). The molecule has 0 unspecified atom stereocenters. The molecular formula is C95H144N6O32S4. The summed E-state index contributed by atoms with van der Waals surface area (Å²) in [4.78, 5) is 202. The summed E-state index contributed by atoms with van der Waals surface area (Å²) < 4.78 is 46.0. The summed E-state index contributed by atoms with van der Waals surface area (Å²) in [5.74, 6) is -17.4. The summed E-state index contributed by atoms with van der Waals surface area (Å²) in [6.45, 7) is 14.9. The highest BCUT2D eigenvalue weighted by Crippen LogP contribution is 2.40. The lowest BCUT2D eigenvalue weighted by atomic mass is 9.75. The molecule has 3 fully saturated rings. The summed E-state index contributed by atoms with van der Waals surface area (Å²) in [7, 11) is 7.54. The van der Waals surface area contributed by atoms with Crippen molar-refractivity contribution >= 4 is 132 Å². The number of ketones is 5. The van der Waals surface area contributed by atoms with Gasteiger partial charge in [0, 0.05) is 125 Å². The molecule has 770 valence electrons. The van der Waals surface area contributed by atoms with Gasteiger partial charge in [-0.3, -0.25) is 52.7 Å². The lowest BCUT2D eigenvalue weighted by Crippen LogP contribution is -2.61. The molecule has 137 heavy (non-hydrogen) atoms. The average molecular weight is 2010 g/mol. The molecule has 23 atom stereocenters. The maximum absolute atomic E-state index is 14.8. The first-order valence-corrected chi connectivity index (χ1v) is 51.7. The van der Waals surface area contributed by atoms with Gasteiger partial charge in [0.1, 0.15) is 80.4 Å². The molecule has 0 radical (unpaired) electrons. The number of nitrogens with one attached hydrogen (secondary N) is 5. The Morgan fingerprint density at radius 2 is 1.34 bits per heavy atom. The van der Waals surface area contributed by atoms with Crippen molar-refractivity contribution in [3.05, 3.63) is 83.0 Å². The summed E-state index contributed by atoms with van der Waals surface area (Å²) in [6.07, 6.45) is -0.330. The number of cyclic esters (lactones) is 1. The zero-order valence-electron chi connectivity index (χ0n) is 80.4. The third kappa shape index (κ3) is 41.5. The molecule has 38 nitrogen and oxygen atoms in total. The Morgan fingerprint density at radius 1 is 0.672 bits per heavy atom. The zero-order valence-corrected chi connectivity index (χ0v) is 83.7. The number of carbonyl (C=O) groups excluding carboxylic acids is 13. The van der Waals surface area contributed by atoms with Gasteiger partial charge in [-0.15, -0.1) is 0 Å². The number of aliphatic hydroxyl groups excluding tert-OH is 6. The minimum atomic E-state index is -2.51. The molecular weight excluding hydrogens is 1870 g/mol. The number of aryl methyl sites for hydroxylation is 1. The smallest absolute Gasteiger partial charge is 0.481 e. The van der Waals surface area contributed by atoms with E-state index in [-0.39, 0.29) is 148 Å². The van der Waals surface area contributed by atoms with Crippen LogP contribution in [0.25, 0.3) is 0 Å². The molecule has 1 aromatic carbocycles. The van der Waals surface area contributed by atoms with E-state index in [9.17, 15) is 113 Å². The van der Waals surface area contributed by atoms with Crippen LogP contribution in [0.3, 0.4) is 0 Å². The average Bonchev–Trinajstić information content (AvgIpc) is 0.771. The number of alkyl carbamates (subject to hydrolysis) is 1. The van der Waals surface area contributed by atoms with E-state index in [4.69, 9.17) is 43.0 Å². The number of esters is 1. The van der Waals surface area contributed by atoms with Gasteiger partial charge in [0.2, 0.25) is 23.5 Å². The fourth-order valence-corrected chi connectivity index (χ4v) is 20.2. The molecule has 1 saturated carbocycles. The maximum Gasteiger partial charge on any atom is 0.508 e. The van der Waals surface area contributed by atoms with E-state index in [1.807, 2.05) is 65.0 Å².